The number of hydrogen-bond acceptors (Lipinski definition) is 4. The SMILES string of the molecule is CC(=O)C(Cc1ccc(C#N)cc1)C(=O)Nc1cc(O)ccc1F. The summed E-state index contributed by atoms with van der Waals surface area (Å²) >= 11 is 0. The first-order valence-electron chi connectivity index (χ1n) is 7.19. The predicted molar refractivity (Wildman–Crippen MR) is 85.7 cm³/mol. The third kappa shape index (κ3) is 4.17. The second-order valence-corrected chi connectivity index (χ2v) is 5.33. The number of aromatic hydroxyl groups is 1. The fourth-order valence-corrected chi connectivity index (χ4v) is 2.20. The summed E-state index contributed by atoms with van der Waals surface area (Å²) in [6, 6.07) is 11.8. The summed E-state index contributed by atoms with van der Waals surface area (Å²) in [6.07, 6.45) is 0.132. The Morgan fingerprint density at radius 1 is 1.25 bits per heavy atom. The van der Waals surface area contributed by atoms with Crippen LogP contribution in [0.3, 0.4) is 0 Å². The number of halogens is 1. The molecule has 2 rings (SSSR count). The molecule has 2 aromatic rings. The van der Waals surface area contributed by atoms with Gasteiger partial charge in [0.15, 0.2) is 0 Å². The Hall–Kier alpha value is -3.20. The highest BCUT2D eigenvalue weighted by molar-refractivity contribution is 6.06. The molecule has 0 aliphatic carbocycles. The van der Waals surface area contributed by atoms with Gasteiger partial charge in [-0.3, -0.25) is 9.59 Å². The Balaban J connectivity index is 2.17. The van der Waals surface area contributed by atoms with Gasteiger partial charge in [0.05, 0.1) is 17.3 Å². The number of hydrogen-bond donors (Lipinski definition) is 2. The van der Waals surface area contributed by atoms with Crippen LogP contribution < -0.4 is 5.32 Å². The number of amides is 1. The highest BCUT2D eigenvalue weighted by Crippen LogP contribution is 2.21. The minimum absolute atomic E-state index is 0.132. The number of rotatable bonds is 5. The molecule has 1 unspecified atom stereocenters. The van der Waals surface area contributed by atoms with Crippen molar-refractivity contribution in [3.63, 3.8) is 0 Å². The zero-order chi connectivity index (χ0) is 17.7. The van der Waals surface area contributed by atoms with E-state index in [1.807, 2.05) is 6.07 Å². The molecule has 0 saturated carbocycles. The molecule has 1 atom stereocenters. The standard InChI is InChI=1S/C18H15FN2O3/c1-11(22)15(8-12-2-4-13(10-20)5-3-12)18(24)21-17-9-14(23)6-7-16(17)19/h2-7,9,15,23H,8H2,1H3,(H,21,24). The number of phenolic OH excluding ortho intramolecular Hbond substituents is 1. The zero-order valence-corrected chi connectivity index (χ0v) is 12.9. The van der Waals surface area contributed by atoms with Crippen molar-refractivity contribution >= 4 is 17.4 Å². The van der Waals surface area contributed by atoms with Gasteiger partial charge in [0.1, 0.15) is 23.3 Å². The van der Waals surface area contributed by atoms with Gasteiger partial charge in [-0.15, -0.1) is 0 Å². The smallest absolute Gasteiger partial charge is 0.235 e. The Morgan fingerprint density at radius 2 is 1.92 bits per heavy atom. The van der Waals surface area contributed by atoms with Crippen molar-refractivity contribution < 1.29 is 19.1 Å². The molecule has 0 heterocycles. The Morgan fingerprint density at radius 3 is 2.50 bits per heavy atom. The summed E-state index contributed by atoms with van der Waals surface area (Å²) in [4.78, 5) is 24.1. The molecule has 2 N–H and O–H groups in total. The molecule has 6 heteroatoms. The van der Waals surface area contributed by atoms with Crippen LogP contribution in [-0.2, 0) is 16.0 Å². The fraction of sp³-hybridized carbons (Fsp3) is 0.167. The normalized spacial score (nSPS) is 11.4. The minimum Gasteiger partial charge on any atom is -0.508 e. The van der Waals surface area contributed by atoms with Crippen LogP contribution in [-0.4, -0.2) is 16.8 Å². The van der Waals surface area contributed by atoms with E-state index in [1.165, 1.54) is 6.92 Å². The Kier molecular flexibility index (Phi) is 5.27. The Bertz CT molecular complexity index is 810. The highest BCUT2D eigenvalue weighted by atomic mass is 19.1. The maximum Gasteiger partial charge on any atom is 0.235 e. The van der Waals surface area contributed by atoms with Gasteiger partial charge in [-0.25, -0.2) is 4.39 Å². The van der Waals surface area contributed by atoms with Crippen LogP contribution >= 0.6 is 0 Å². The number of phenols is 1. The molecule has 24 heavy (non-hydrogen) atoms. The topological polar surface area (TPSA) is 90.2 Å². The van der Waals surface area contributed by atoms with Crippen molar-refractivity contribution in [1.29, 1.82) is 5.26 Å². The van der Waals surface area contributed by atoms with Crippen molar-refractivity contribution in [3.8, 4) is 11.8 Å². The number of ketones is 1. The molecule has 1 amide bonds. The molecule has 0 bridgehead atoms. The number of nitrogens with zero attached hydrogens (tertiary/aromatic N) is 1. The largest absolute Gasteiger partial charge is 0.508 e. The number of anilines is 1. The van der Waals surface area contributed by atoms with Crippen molar-refractivity contribution in [2.75, 3.05) is 5.32 Å². The van der Waals surface area contributed by atoms with Gasteiger partial charge in [-0.05, 0) is 43.2 Å². The van der Waals surface area contributed by atoms with Gasteiger partial charge in [0, 0.05) is 6.07 Å². The number of nitriles is 1. The van der Waals surface area contributed by atoms with E-state index in [9.17, 15) is 19.1 Å². The number of Topliss-reactive ketones (excluding diaryl/α,β-unsaturated/α-hetero) is 1. The number of carbonyl (C=O) groups is 2. The van der Waals surface area contributed by atoms with Gasteiger partial charge < -0.3 is 10.4 Å². The van der Waals surface area contributed by atoms with E-state index in [0.29, 0.717) is 11.1 Å². The second-order valence-electron chi connectivity index (χ2n) is 5.33. The van der Waals surface area contributed by atoms with Crippen molar-refractivity contribution in [1.82, 2.24) is 0 Å². The van der Waals surface area contributed by atoms with Crippen molar-refractivity contribution in [2.45, 2.75) is 13.3 Å². The zero-order valence-electron chi connectivity index (χ0n) is 12.9. The number of nitrogens with one attached hydrogen (secondary N) is 1. The minimum atomic E-state index is -1.00. The Labute approximate surface area is 138 Å². The average molecular weight is 326 g/mol. The molecule has 5 nitrogen and oxygen atoms in total. The lowest BCUT2D eigenvalue weighted by Crippen LogP contribution is -2.30. The summed E-state index contributed by atoms with van der Waals surface area (Å²) in [5.41, 5.74) is 0.996. The van der Waals surface area contributed by atoms with Crippen LogP contribution in [0.5, 0.6) is 5.75 Å². The molecule has 0 fully saturated rings. The van der Waals surface area contributed by atoms with Crippen LogP contribution in [0.25, 0.3) is 0 Å². The van der Waals surface area contributed by atoms with Gasteiger partial charge in [-0.1, -0.05) is 12.1 Å². The second kappa shape index (κ2) is 7.38. The van der Waals surface area contributed by atoms with Crippen LogP contribution in [0, 0.1) is 23.1 Å². The first-order chi connectivity index (χ1) is 11.4. The van der Waals surface area contributed by atoms with Crippen LogP contribution in [0.1, 0.15) is 18.1 Å². The molecule has 0 spiro atoms. The molecule has 0 aliphatic heterocycles. The molecule has 0 aromatic heterocycles. The summed E-state index contributed by atoms with van der Waals surface area (Å²) in [7, 11) is 0. The molecule has 0 saturated heterocycles. The fourth-order valence-electron chi connectivity index (χ4n) is 2.20. The lowest BCUT2D eigenvalue weighted by Gasteiger charge is -2.15. The first kappa shape index (κ1) is 17.2. The van der Waals surface area contributed by atoms with Crippen LogP contribution in [0.15, 0.2) is 42.5 Å². The third-order valence-electron chi connectivity index (χ3n) is 3.54. The summed E-state index contributed by atoms with van der Waals surface area (Å²) in [5, 5.41) is 20.5. The van der Waals surface area contributed by atoms with E-state index in [2.05, 4.69) is 5.32 Å². The third-order valence-corrected chi connectivity index (χ3v) is 3.54. The number of benzene rings is 2. The molecular formula is C18H15FN2O3. The average Bonchev–Trinajstić information content (AvgIpc) is 2.56. The molecule has 122 valence electrons. The van der Waals surface area contributed by atoms with Crippen molar-refractivity contribution in [2.24, 2.45) is 5.92 Å². The summed E-state index contributed by atoms with van der Waals surface area (Å²) in [6.45, 7) is 1.28. The van der Waals surface area contributed by atoms with Gasteiger partial charge in [-0.2, -0.15) is 5.26 Å². The highest BCUT2D eigenvalue weighted by Gasteiger charge is 2.24. The van der Waals surface area contributed by atoms with Crippen molar-refractivity contribution in [3.05, 3.63) is 59.4 Å². The predicted octanol–water partition coefficient (Wildman–Crippen LogP) is 2.79. The quantitative estimate of drug-likeness (QED) is 0.827. The first-order valence-corrected chi connectivity index (χ1v) is 7.19. The van der Waals surface area contributed by atoms with Gasteiger partial charge in [0.25, 0.3) is 0 Å². The van der Waals surface area contributed by atoms with E-state index < -0.39 is 17.6 Å². The van der Waals surface area contributed by atoms with E-state index in [0.717, 1.165) is 18.2 Å². The maximum atomic E-state index is 13.7. The molecule has 0 radical (unpaired) electrons. The van der Waals surface area contributed by atoms with E-state index in [1.54, 1.807) is 24.3 Å². The monoisotopic (exact) mass is 326 g/mol. The summed E-state index contributed by atoms with van der Waals surface area (Å²) in [5.74, 6) is -2.92. The maximum absolute atomic E-state index is 13.7. The molecule has 2 aromatic carbocycles. The van der Waals surface area contributed by atoms with Crippen LogP contribution in [0.2, 0.25) is 0 Å². The lowest BCUT2D eigenvalue weighted by atomic mass is 9.94. The molecule has 0 aliphatic rings. The van der Waals surface area contributed by atoms with Gasteiger partial charge in [0.2, 0.25) is 5.91 Å². The summed E-state index contributed by atoms with van der Waals surface area (Å²) < 4.78 is 13.7. The van der Waals surface area contributed by atoms with E-state index >= 15 is 0 Å². The number of carbonyl (C=O) groups excluding carboxylic acids is 2. The molecular weight excluding hydrogens is 311 g/mol. The van der Waals surface area contributed by atoms with E-state index in [4.69, 9.17) is 5.26 Å². The van der Waals surface area contributed by atoms with Gasteiger partial charge >= 0.3 is 0 Å². The van der Waals surface area contributed by atoms with E-state index in [-0.39, 0.29) is 23.6 Å². The van der Waals surface area contributed by atoms with Crippen LogP contribution in [0.4, 0.5) is 10.1 Å². The lowest BCUT2D eigenvalue weighted by molar-refractivity contribution is -0.129.